The predicted molar refractivity (Wildman–Crippen MR) is 127 cm³/mol. The average molecular weight is 494 g/mol. The Balaban J connectivity index is 1.49. The SMILES string of the molecule is CC(Oc1ccccc1Cl)C(=O)Nc1ccc(NC(=O)COc2ccc(Cl)cc2Cl)cc1. The number of anilines is 2. The predicted octanol–water partition coefficient (Wildman–Crippen LogP) is 6.07. The fraction of sp³-hybridized carbons (Fsp3) is 0.130. The minimum atomic E-state index is -0.758. The van der Waals surface area contributed by atoms with Crippen molar-refractivity contribution in [3.63, 3.8) is 0 Å². The summed E-state index contributed by atoms with van der Waals surface area (Å²) in [7, 11) is 0. The lowest BCUT2D eigenvalue weighted by molar-refractivity contribution is -0.122. The van der Waals surface area contributed by atoms with Crippen LogP contribution in [-0.2, 0) is 9.59 Å². The summed E-state index contributed by atoms with van der Waals surface area (Å²) in [4.78, 5) is 24.5. The van der Waals surface area contributed by atoms with Gasteiger partial charge in [-0.15, -0.1) is 0 Å². The number of ether oxygens (including phenoxy) is 2. The average Bonchev–Trinajstić information content (AvgIpc) is 2.76. The van der Waals surface area contributed by atoms with Crippen molar-refractivity contribution in [1.82, 2.24) is 0 Å². The molecule has 1 atom stereocenters. The Morgan fingerprint density at radius 3 is 2.16 bits per heavy atom. The first-order valence-electron chi connectivity index (χ1n) is 9.51. The number of carbonyl (C=O) groups excluding carboxylic acids is 2. The molecule has 3 rings (SSSR count). The van der Waals surface area contributed by atoms with Crippen LogP contribution in [0.1, 0.15) is 6.92 Å². The van der Waals surface area contributed by atoms with Crippen LogP contribution >= 0.6 is 34.8 Å². The molecule has 0 saturated carbocycles. The molecule has 9 heteroatoms. The molecule has 0 radical (unpaired) electrons. The van der Waals surface area contributed by atoms with Gasteiger partial charge in [0.1, 0.15) is 11.5 Å². The Bertz CT molecular complexity index is 1110. The van der Waals surface area contributed by atoms with Crippen molar-refractivity contribution < 1.29 is 19.1 Å². The number of hydrogen-bond donors (Lipinski definition) is 2. The number of carbonyl (C=O) groups is 2. The van der Waals surface area contributed by atoms with Crippen LogP contribution < -0.4 is 20.1 Å². The number of amides is 2. The van der Waals surface area contributed by atoms with Crippen molar-refractivity contribution in [2.75, 3.05) is 17.2 Å². The molecule has 2 N–H and O–H groups in total. The van der Waals surface area contributed by atoms with Gasteiger partial charge in [0.05, 0.1) is 10.0 Å². The first-order chi connectivity index (χ1) is 15.3. The van der Waals surface area contributed by atoms with E-state index in [1.54, 1.807) is 67.6 Å². The van der Waals surface area contributed by atoms with Gasteiger partial charge in [0, 0.05) is 16.4 Å². The first kappa shape index (κ1) is 23.7. The highest BCUT2D eigenvalue weighted by molar-refractivity contribution is 6.35. The third kappa shape index (κ3) is 6.79. The van der Waals surface area contributed by atoms with E-state index in [4.69, 9.17) is 44.3 Å². The standard InChI is InChI=1S/C23H19Cl3N2O4/c1-14(32-21-5-3-2-4-18(21)25)23(30)28-17-9-7-16(8-10-17)27-22(29)13-31-20-11-6-15(24)12-19(20)26/h2-12,14H,13H2,1H3,(H,27,29)(H,28,30). The van der Waals surface area contributed by atoms with Crippen LogP contribution in [0.5, 0.6) is 11.5 Å². The monoisotopic (exact) mass is 492 g/mol. The van der Waals surface area contributed by atoms with E-state index >= 15 is 0 Å². The zero-order valence-electron chi connectivity index (χ0n) is 16.9. The number of halogens is 3. The van der Waals surface area contributed by atoms with Gasteiger partial charge >= 0.3 is 0 Å². The molecule has 0 bridgehead atoms. The molecular weight excluding hydrogens is 475 g/mol. The topological polar surface area (TPSA) is 76.7 Å². The summed E-state index contributed by atoms with van der Waals surface area (Å²) in [6, 6.07) is 18.3. The summed E-state index contributed by atoms with van der Waals surface area (Å²) < 4.78 is 11.0. The van der Waals surface area contributed by atoms with Gasteiger partial charge in [-0.2, -0.15) is 0 Å². The highest BCUT2D eigenvalue weighted by Crippen LogP contribution is 2.27. The molecular formula is C23H19Cl3N2O4. The number of benzene rings is 3. The summed E-state index contributed by atoms with van der Waals surface area (Å²) in [5, 5.41) is 6.67. The molecule has 0 aliphatic rings. The molecule has 0 heterocycles. The van der Waals surface area contributed by atoms with Gasteiger partial charge in [-0.1, -0.05) is 46.9 Å². The lowest BCUT2D eigenvalue weighted by Crippen LogP contribution is -2.30. The summed E-state index contributed by atoms with van der Waals surface area (Å²) >= 11 is 17.9. The number of para-hydroxylation sites is 1. The van der Waals surface area contributed by atoms with Gasteiger partial charge in [-0.05, 0) is 61.5 Å². The fourth-order valence-electron chi connectivity index (χ4n) is 2.60. The molecule has 166 valence electrons. The normalized spacial score (nSPS) is 11.4. The van der Waals surface area contributed by atoms with Crippen molar-refractivity contribution in [3.05, 3.63) is 81.8 Å². The van der Waals surface area contributed by atoms with Gasteiger partial charge in [0.15, 0.2) is 12.7 Å². The van der Waals surface area contributed by atoms with E-state index < -0.39 is 6.10 Å². The Hall–Kier alpha value is -2.93. The van der Waals surface area contributed by atoms with Crippen molar-refractivity contribution in [2.45, 2.75) is 13.0 Å². The largest absolute Gasteiger partial charge is 0.482 e. The molecule has 0 aliphatic carbocycles. The van der Waals surface area contributed by atoms with Crippen LogP contribution in [0.3, 0.4) is 0 Å². The second-order valence-corrected chi connectivity index (χ2v) is 7.92. The van der Waals surface area contributed by atoms with Gasteiger partial charge < -0.3 is 20.1 Å². The van der Waals surface area contributed by atoms with E-state index in [0.29, 0.717) is 37.9 Å². The van der Waals surface area contributed by atoms with Crippen LogP contribution in [0, 0.1) is 0 Å². The van der Waals surface area contributed by atoms with E-state index in [1.165, 1.54) is 6.07 Å². The van der Waals surface area contributed by atoms with Gasteiger partial charge in [-0.3, -0.25) is 9.59 Å². The Labute approximate surface area is 200 Å². The number of nitrogens with one attached hydrogen (secondary N) is 2. The molecule has 0 saturated heterocycles. The molecule has 2 amide bonds. The van der Waals surface area contributed by atoms with Gasteiger partial charge in [0.2, 0.25) is 0 Å². The first-order valence-corrected chi connectivity index (χ1v) is 10.6. The molecule has 3 aromatic rings. The van der Waals surface area contributed by atoms with E-state index in [-0.39, 0.29) is 18.4 Å². The maximum absolute atomic E-state index is 12.4. The van der Waals surface area contributed by atoms with E-state index in [1.807, 2.05) is 0 Å². The summed E-state index contributed by atoms with van der Waals surface area (Å²) in [5.41, 5.74) is 1.09. The fourth-order valence-corrected chi connectivity index (χ4v) is 3.24. The Morgan fingerprint density at radius 1 is 0.844 bits per heavy atom. The number of hydrogen-bond acceptors (Lipinski definition) is 4. The van der Waals surface area contributed by atoms with Crippen LogP contribution in [0.4, 0.5) is 11.4 Å². The molecule has 3 aromatic carbocycles. The molecule has 0 fully saturated rings. The lowest BCUT2D eigenvalue weighted by atomic mass is 10.2. The third-order valence-corrected chi connectivity index (χ3v) is 5.04. The van der Waals surface area contributed by atoms with Crippen LogP contribution in [0.2, 0.25) is 15.1 Å². The highest BCUT2D eigenvalue weighted by Gasteiger charge is 2.16. The summed E-state index contributed by atoms with van der Waals surface area (Å²) in [6.07, 6.45) is -0.758. The molecule has 6 nitrogen and oxygen atoms in total. The lowest BCUT2D eigenvalue weighted by Gasteiger charge is -2.16. The number of rotatable bonds is 8. The maximum Gasteiger partial charge on any atom is 0.265 e. The zero-order valence-corrected chi connectivity index (χ0v) is 19.2. The van der Waals surface area contributed by atoms with Gasteiger partial charge in [-0.25, -0.2) is 0 Å². The van der Waals surface area contributed by atoms with Crippen LogP contribution in [0.15, 0.2) is 66.7 Å². The van der Waals surface area contributed by atoms with Crippen LogP contribution in [-0.4, -0.2) is 24.5 Å². The maximum atomic E-state index is 12.4. The minimum Gasteiger partial charge on any atom is -0.482 e. The van der Waals surface area contributed by atoms with E-state index in [2.05, 4.69) is 10.6 Å². The second kappa shape index (κ2) is 11.1. The Morgan fingerprint density at radius 2 is 1.50 bits per heavy atom. The van der Waals surface area contributed by atoms with Gasteiger partial charge in [0.25, 0.3) is 11.8 Å². The van der Waals surface area contributed by atoms with E-state index in [9.17, 15) is 9.59 Å². The van der Waals surface area contributed by atoms with Crippen molar-refractivity contribution in [3.8, 4) is 11.5 Å². The molecule has 0 aliphatic heterocycles. The van der Waals surface area contributed by atoms with Crippen molar-refractivity contribution in [1.29, 1.82) is 0 Å². The zero-order chi connectivity index (χ0) is 23.1. The molecule has 0 spiro atoms. The summed E-state index contributed by atoms with van der Waals surface area (Å²) in [5.74, 6) is 0.0823. The smallest absolute Gasteiger partial charge is 0.265 e. The quantitative estimate of drug-likeness (QED) is 0.399. The molecule has 0 aromatic heterocycles. The minimum absolute atomic E-state index is 0.225. The van der Waals surface area contributed by atoms with Crippen LogP contribution in [0.25, 0.3) is 0 Å². The summed E-state index contributed by atoms with van der Waals surface area (Å²) in [6.45, 7) is 1.40. The molecule has 1 unspecified atom stereocenters. The van der Waals surface area contributed by atoms with Crippen molar-refractivity contribution in [2.24, 2.45) is 0 Å². The van der Waals surface area contributed by atoms with Crippen molar-refractivity contribution >= 4 is 58.0 Å². The highest BCUT2D eigenvalue weighted by atomic mass is 35.5. The van der Waals surface area contributed by atoms with E-state index in [0.717, 1.165) is 0 Å². The third-order valence-electron chi connectivity index (χ3n) is 4.20. The second-order valence-electron chi connectivity index (χ2n) is 6.67. The molecule has 32 heavy (non-hydrogen) atoms. The Kier molecular flexibility index (Phi) is 8.22.